The van der Waals surface area contributed by atoms with Gasteiger partial charge >= 0.3 is 6.09 Å². The molecule has 1 atom stereocenters. The van der Waals surface area contributed by atoms with Crippen molar-refractivity contribution in [2.24, 2.45) is 5.92 Å². The third-order valence-electron chi connectivity index (χ3n) is 5.46. The van der Waals surface area contributed by atoms with Crippen LogP contribution < -0.4 is 10.1 Å². The molecule has 0 saturated heterocycles. The molecule has 0 radical (unpaired) electrons. The fourth-order valence-corrected chi connectivity index (χ4v) is 3.94. The number of hydrogen-bond acceptors (Lipinski definition) is 5. The molecule has 1 aromatic carbocycles. The third kappa shape index (κ3) is 10.3. The van der Waals surface area contributed by atoms with E-state index in [2.05, 4.69) is 17.0 Å². The Morgan fingerprint density at radius 3 is 1.58 bits per heavy atom. The minimum atomic E-state index is -2.35. The summed E-state index contributed by atoms with van der Waals surface area (Å²) < 4.78 is 91.3. The highest BCUT2D eigenvalue weighted by Gasteiger charge is 2.45. The zero-order valence-corrected chi connectivity index (χ0v) is 23.4. The Balaban J connectivity index is 3.19. The van der Waals surface area contributed by atoms with Gasteiger partial charge in [0.2, 0.25) is 34.8 Å². The van der Waals surface area contributed by atoms with E-state index in [1.807, 2.05) is 0 Å². The number of rotatable bonds is 17. The first kappa shape index (κ1) is 34.0. The van der Waals surface area contributed by atoms with Crippen molar-refractivity contribution in [3.05, 3.63) is 29.1 Å². The first-order valence-electron chi connectivity index (χ1n) is 13.3. The normalized spacial score (nSPS) is 13.0. The first-order chi connectivity index (χ1) is 17.8. The van der Waals surface area contributed by atoms with E-state index in [-0.39, 0.29) is 24.9 Å². The van der Waals surface area contributed by atoms with Crippen molar-refractivity contribution >= 4 is 6.09 Å². The Labute approximate surface area is 222 Å². The second-order valence-electron chi connectivity index (χ2n) is 10.0. The van der Waals surface area contributed by atoms with Crippen molar-refractivity contribution in [3.8, 4) is 5.75 Å². The van der Waals surface area contributed by atoms with E-state index < -0.39 is 52.8 Å². The fraction of sp³-hybridized carbons (Fsp3) is 0.741. The van der Waals surface area contributed by atoms with Gasteiger partial charge in [-0.05, 0) is 48.0 Å². The molecule has 0 aliphatic carbocycles. The van der Waals surface area contributed by atoms with Crippen molar-refractivity contribution < 1.29 is 45.7 Å². The molecular formula is C27H42F5NO5. The Kier molecular flexibility index (Phi) is 14.5. The number of hydrogen-bond donors (Lipinski definition) is 1. The largest absolute Gasteiger partial charge is 0.412 e. The maximum absolute atomic E-state index is 14.0. The summed E-state index contributed by atoms with van der Waals surface area (Å²) in [6.07, 6.45) is 4.07. The van der Waals surface area contributed by atoms with E-state index in [1.165, 1.54) is 0 Å². The van der Waals surface area contributed by atoms with Crippen LogP contribution in [0.2, 0.25) is 0 Å². The standard InChI is InChI=1S/C27H42F5NO5/c1-8-9-10-11-12-13-14-19(27(36-16(2)3,37-17(4)5)38-18(6)7)15-33-26(34)35-25-23(31)21(29)20(28)22(30)24(25)32/h16-19H,8-15H2,1-7H3,(H,33,34). The fourth-order valence-electron chi connectivity index (χ4n) is 3.94. The van der Waals surface area contributed by atoms with Gasteiger partial charge in [0, 0.05) is 6.54 Å². The number of ether oxygens (including phenoxy) is 4. The summed E-state index contributed by atoms with van der Waals surface area (Å²) in [5.41, 5.74) is 0. The van der Waals surface area contributed by atoms with Gasteiger partial charge in [-0.1, -0.05) is 45.4 Å². The molecule has 220 valence electrons. The van der Waals surface area contributed by atoms with E-state index in [0.29, 0.717) is 6.42 Å². The average molecular weight is 556 g/mol. The van der Waals surface area contributed by atoms with Gasteiger partial charge in [0.25, 0.3) is 5.97 Å². The zero-order valence-electron chi connectivity index (χ0n) is 23.4. The van der Waals surface area contributed by atoms with Crippen molar-refractivity contribution in [1.82, 2.24) is 5.32 Å². The summed E-state index contributed by atoms with van der Waals surface area (Å²) in [5.74, 6) is -15.2. The molecule has 0 heterocycles. The van der Waals surface area contributed by atoms with Crippen molar-refractivity contribution in [2.75, 3.05) is 6.54 Å². The molecule has 1 unspecified atom stereocenters. The number of carbonyl (C=O) groups excluding carboxylic acids is 1. The van der Waals surface area contributed by atoms with Gasteiger partial charge in [0.15, 0.2) is 0 Å². The number of halogens is 5. The van der Waals surface area contributed by atoms with Crippen LogP contribution in [-0.2, 0) is 14.2 Å². The van der Waals surface area contributed by atoms with Crippen LogP contribution in [0.3, 0.4) is 0 Å². The Bertz CT molecular complexity index is 826. The van der Waals surface area contributed by atoms with E-state index in [9.17, 15) is 26.7 Å². The zero-order chi connectivity index (χ0) is 29.0. The highest BCUT2D eigenvalue weighted by Crippen LogP contribution is 2.34. The van der Waals surface area contributed by atoms with Crippen LogP contribution in [-0.4, -0.2) is 36.9 Å². The highest BCUT2D eigenvalue weighted by molar-refractivity contribution is 5.70. The Morgan fingerprint density at radius 1 is 0.711 bits per heavy atom. The molecule has 1 rings (SSSR count). The second-order valence-corrected chi connectivity index (χ2v) is 10.0. The van der Waals surface area contributed by atoms with E-state index in [0.717, 1.165) is 38.5 Å². The minimum absolute atomic E-state index is 0.185. The molecule has 1 amide bonds. The average Bonchev–Trinajstić information content (AvgIpc) is 2.81. The van der Waals surface area contributed by atoms with Gasteiger partial charge in [-0.15, -0.1) is 0 Å². The summed E-state index contributed by atoms with van der Waals surface area (Å²) >= 11 is 0. The molecule has 1 aromatic rings. The van der Waals surface area contributed by atoms with E-state index >= 15 is 0 Å². The molecular weight excluding hydrogens is 513 g/mol. The number of nitrogens with one attached hydrogen (secondary N) is 1. The van der Waals surface area contributed by atoms with Crippen LogP contribution >= 0.6 is 0 Å². The number of benzene rings is 1. The molecule has 0 fully saturated rings. The monoisotopic (exact) mass is 555 g/mol. The molecule has 0 aromatic heterocycles. The van der Waals surface area contributed by atoms with Crippen LogP contribution in [0.1, 0.15) is 93.4 Å². The smallest absolute Gasteiger partial charge is 0.404 e. The van der Waals surface area contributed by atoms with Gasteiger partial charge in [-0.2, -0.15) is 8.78 Å². The molecule has 0 spiro atoms. The summed E-state index contributed by atoms with van der Waals surface area (Å²) in [6, 6.07) is 0. The SMILES string of the molecule is CCCCCCCCC(CNC(=O)Oc1c(F)c(F)c(F)c(F)c1F)C(OC(C)C)(OC(C)C)OC(C)C. The lowest BCUT2D eigenvalue weighted by Gasteiger charge is -2.43. The molecule has 0 bridgehead atoms. The van der Waals surface area contributed by atoms with Gasteiger partial charge in [0.1, 0.15) is 0 Å². The topological polar surface area (TPSA) is 66.0 Å². The molecule has 6 nitrogen and oxygen atoms in total. The highest BCUT2D eigenvalue weighted by atomic mass is 19.2. The Morgan fingerprint density at radius 2 is 1.13 bits per heavy atom. The lowest BCUT2D eigenvalue weighted by Crippen LogP contribution is -2.54. The predicted molar refractivity (Wildman–Crippen MR) is 133 cm³/mol. The summed E-state index contributed by atoms with van der Waals surface area (Å²) in [6.45, 7) is 12.7. The summed E-state index contributed by atoms with van der Waals surface area (Å²) in [4.78, 5) is 12.4. The van der Waals surface area contributed by atoms with Crippen molar-refractivity contribution in [2.45, 2.75) is 118 Å². The van der Waals surface area contributed by atoms with Crippen LogP contribution in [0.4, 0.5) is 26.7 Å². The molecule has 38 heavy (non-hydrogen) atoms. The summed E-state index contributed by atoms with van der Waals surface area (Å²) in [5, 5.41) is 2.35. The minimum Gasteiger partial charge on any atom is -0.404 e. The second kappa shape index (κ2) is 16.2. The predicted octanol–water partition coefficient (Wildman–Crippen LogP) is 7.77. The van der Waals surface area contributed by atoms with Crippen LogP contribution in [0.15, 0.2) is 0 Å². The maximum atomic E-state index is 14.0. The molecule has 1 N–H and O–H groups in total. The number of amides is 1. The van der Waals surface area contributed by atoms with Gasteiger partial charge in [-0.3, -0.25) is 0 Å². The van der Waals surface area contributed by atoms with Gasteiger partial charge in [0.05, 0.1) is 24.2 Å². The summed E-state index contributed by atoms with van der Waals surface area (Å²) in [7, 11) is 0. The maximum Gasteiger partial charge on any atom is 0.412 e. The van der Waals surface area contributed by atoms with E-state index in [1.54, 1.807) is 41.5 Å². The van der Waals surface area contributed by atoms with Crippen LogP contribution in [0.5, 0.6) is 5.75 Å². The number of unbranched alkanes of at least 4 members (excludes halogenated alkanes) is 5. The quantitative estimate of drug-likeness (QED) is 0.0700. The lowest BCUT2D eigenvalue weighted by atomic mass is 9.96. The van der Waals surface area contributed by atoms with Crippen molar-refractivity contribution in [1.29, 1.82) is 0 Å². The van der Waals surface area contributed by atoms with E-state index in [4.69, 9.17) is 14.2 Å². The third-order valence-corrected chi connectivity index (χ3v) is 5.46. The number of carbonyl (C=O) groups is 1. The molecule has 0 aliphatic heterocycles. The first-order valence-corrected chi connectivity index (χ1v) is 13.3. The van der Waals surface area contributed by atoms with Gasteiger partial charge < -0.3 is 24.3 Å². The molecule has 0 aliphatic rings. The Hall–Kier alpha value is -1.98. The molecule has 0 saturated carbocycles. The van der Waals surface area contributed by atoms with Gasteiger partial charge in [-0.25, -0.2) is 18.0 Å². The van der Waals surface area contributed by atoms with Crippen LogP contribution in [0.25, 0.3) is 0 Å². The lowest BCUT2D eigenvalue weighted by molar-refractivity contribution is -0.431. The van der Waals surface area contributed by atoms with Crippen LogP contribution in [0, 0.1) is 35.0 Å². The molecule has 11 heteroatoms. The van der Waals surface area contributed by atoms with Crippen molar-refractivity contribution in [3.63, 3.8) is 0 Å².